The van der Waals surface area contributed by atoms with Crippen molar-refractivity contribution in [3.05, 3.63) is 54.1 Å². The summed E-state index contributed by atoms with van der Waals surface area (Å²) >= 11 is 0. The summed E-state index contributed by atoms with van der Waals surface area (Å²) in [6, 6.07) is 15.9. The number of aromatic hydroxyl groups is 1. The molecule has 0 spiro atoms. The van der Waals surface area contributed by atoms with Gasteiger partial charge in [0.1, 0.15) is 11.3 Å². The van der Waals surface area contributed by atoms with Crippen molar-refractivity contribution in [3.63, 3.8) is 0 Å². The zero-order valence-electron chi connectivity index (χ0n) is 11.0. The predicted octanol–water partition coefficient (Wildman–Crippen LogP) is 3.95. The molecule has 0 aliphatic rings. The van der Waals surface area contributed by atoms with E-state index in [1.165, 1.54) is 0 Å². The molecule has 0 fully saturated rings. The van der Waals surface area contributed by atoms with Gasteiger partial charge < -0.3 is 5.11 Å². The first-order chi connectivity index (χ1) is 9.72. The van der Waals surface area contributed by atoms with Crippen molar-refractivity contribution in [3.8, 4) is 5.75 Å². The summed E-state index contributed by atoms with van der Waals surface area (Å²) in [7, 11) is 0. The predicted molar refractivity (Wildman–Crippen MR) is 81.0 cm³/mol. The van der Waals surface area contributed by atoms with E-state index in [0.29, 0.717) is 5.52 Å². The minimum Gasteiger partial charge on any atom is -0.505 e. The molecule has 0 atom stereocenters. The van der Waals surface area contributed by atoms with Gasteiger partial charge in [-0.1, -0.05) is 30.3 Å². The average Bonchev–Trinajstić information content (AvgIpc) is 2.47. The van der Waals surface area contributed by atoms with Gasteiger partial charge in [-0.3, -0.25) is 0 Å². The van der Waals surface area contributed by atoms with Crippen molar-refractivity contribution >= 4 is 32.8 Å². The van der Waals surface area contributed by atoms with Crippen molar-refractivity contribution in [2.45, 2.75) is 6.92 Å². The fourth-order valence-corrected chi connectivity index (χ4v) is 2.52. The molecular formula is C17H12N2O. The molecule has 4 rings (SSSR count). The van der Waals surface area contributed by atoms with Gasteiger partial charge >= 0.3 is 0 Å². The van der Waals surface area contributed by atoms with Crippen molar-refractivity contribution in [1.29, 1.82) is 0 Å². The van der Waals surface area contributed by atoms with E-state index < -0.39 is 0 Å². The molecule has 3 heteroatoms. The quantitative estimate of drug-likeness (QED) is 0.487. The first-order valence-corrected chi connectivity index (χ1v) is 6.51. The second-order valence-corrected chi connectivity index (χ2v) is 5.01. The lowest BCUT2D eigenvalue weighted by atomic mass is 10.1. The Labute approximate surface area is 115 Å². The molecule has 0 radical (unpaired) electrons. The first kappa shape index (κ1) is 11.2. The average molecular weight is 260 g/mol. The van der Waals surface area contributed by atoms with Gasteiger partial charge in [-0.15, -0.1) is 0 Å². The van der Waals surface area contributed by atoms with Crippen LogP contribution in [0.5, 0.6) is 5.75 Å². The lowest BCUT2D eigenvalue weighted by Crippen LogP contribution is -1.89. The van der Waals surface area contributed by atoms with Crippen LogP contribution >= 0.6 is 0 Å². The van der Waals surface area contributed by atoms with Crippen LogP contribution in [0.2, 0.25) is 0 Å². The molecule has 3 nitrogen and oxygen atoms in total. The number of hydrogen-bond acceptors (Lipinski definition) is 3. The summed E-state index contributed by atoms with van der Waals surface area (Å²) in [5.41, 5.74) is 3.74. The number of aromatic nitrogens is 2. The molecule has 4 aromatic rings. The highest BCUT2D eigenvalue weighted by Gasteiger charge is 2.08. The van der Waals surface area contributed by atoms with Gasteiger partial charge in [0, 0.05) is 0 Å². The summed E-state index contributed by atoms with van der Waals surface area (Å²) in [6.45, 7) is 1.86. The van der Waals surface area contributed by atoms with E-state index in [2.05, 4.69) is 22.1 Å². The maximum Gasteiger partial charge on any atom is 0.146 e. The van der Waals surface area contributed by atoms with Gasteiger partial charge in [-0.2, -0.15) is 0 Å². The van der Waals surface area contributed by atoms with E-state index in [4.69, 9.17) is 0 Å². The zero-order chi connectivity index (χ0) is 13.7. The lowest BCUT2D eigenvalue weighted by molar-refractivity contribution is 0.476. The van der Waals surface area contributed by atoms with E-state index in [1.54, 1.807) is 0 Å². The van der Waals surface area contributed by atoms with Crippen LogP contribution in [0.4, 0.5) is 0 Å². The number of phenols is 1. The Morgan fingerprint density at radius 1 is 0.800 bits per heavy atom. The molecule has 1 heterocycles. The van der Waals surface area contributed by atoms with Crippen molar-refractivity contribution < 1.29 is 5.11 Å². The molecule has 1 aromatic heterocycles. The highest BCUT2D eigenvalue weighted by molar-refractivity contribution is 5.98. The van der Waals surface area contributed by atoms with Crippen LogP contribution in [-0.2, 0) is 0 Å². The maximum atomic E-state index is 10.1. The second kappa shape index (κ2) is 3.90. The molecule has 20 heavy (non-hydrogen) atoms. The Hall–Kier alpha value is -2.68. The first-order valence-electron chi connectivity index (χ1n) is 6.51. The minimum absolute atomic E-state index is 0.213. The molecule has 0 unspecified atom stereocenters. The molecule has 0 bridgehead atoms. The lowest BCUT2D eigenvalue weighted by Gasteiger charge is -2.06. The number of fused-ring (bicyclic) bond motifs is 3. The molecule has 0 amide bonds. The normalized spacial score (nSPS) is 11.4. The topological polar surface area (TPSA) is 46.0 Å². The smallest absolute Gasteiger partial charge is 0.146 e. The largest absolute Gasteiger partial charge is 0.505 e. The second-order valence-electron chi connectivity index (χ2n) is 5.01. The summed E-state index contributed by atoms with van der Waals surface area (Å²) < 4.78 is 0. The molecule has 96 valence electrons. The monoisotopic (exact) mass is 260 g/mol. The fourth-order valence-electron chi connectivity index (χ4n) is 2.52. The Kier molecular flexibility index (Phi) is 2.18. The van der Waals surface area contributed by atoms with Crippen LogP contribution in [0, 0.1) is 6.92 Å². The van der Waals surface area contributed by atoms with Crippen LogP contribution < -0.4 is 0 Å². The number of benzene rings is 3. The Bertz CT molecular complexity index is 977. The minimum atomic E-state index is 0.213. The molecule has 1 N–H and O–H groups in total. The van der Waals surface area contributed by atoms with Gasteiger partial charge in [0.15, 0.2) is 0 Å². The van der Waals surface area contributed by atoms with Gasteiger partial charge in [-0.25, -0.2) is 9.97 Å². The highest BCUT2D eigenvalue weighted by Crippen LogP contribution is 2.28. The standard InChI is InChI=1S/C17H12N2O/c1-10-6-7-13-16(17(10)20)19-15-9-12-5-3-2-4-11(12)8-14(15)18-13/h2-9,20H,1H3. The summed E-state index contributed by atoms with van der Waals surface area (Å²) in [5.74, 6) is 0.213. The summed E-state index contributed by atoms with van der Waals surface area (Å²) in [4.78, 5) is 9.18. The number of rotatable bonds is 0. The van der Waals surface area contributed by atoms with Crippen LogP contribution in [-0.4, -0.2) is 15.1 Å². The highest BCUT2D eigenvalue weighted by atomic mass is 16.3. The van der Waals surface area contributed by atoms with Crippen molar-refractivity contribution in [2.75, 3.05) is 0 Å². The molecule has 0 aliphatic heterocycles. The third kappa shape index (κ3) is 1.53. The summed E-state index contributed by atoms with van der Waals surface area (Å²) in [6.07, 6.45) is 0. The number of phenolic OH excluding ortho intramolecular Hbond substituents is 1. The van der Waals surface area contributed by atoms with Gasteiger partial charge in [0.2, 0.25) is 0 Å². The Balaban J connectivity index is 2.18. The van der Waals surface area contributed by atoms with Crippen LogP contribution in [0.3, 0.4) is 0 Å². The summed E-state index contributed by atoms with van der Waals surface area (Å²) in [5, 5.41) is 12.4. The van der Waals surface area contributed by atoms with Crippen LogP contribution in [0.25, 0.3) is 32.8 Å². The van der Waals surface area contributed by atoms with Gasteiger partial charge in [-0.05, 0) is 41.5 Å². The SMILES string of the molecule is Cc1ccc2nc3cc4ccccc4cc3nc2c1O. The zero-order valence-corrected chi connectivity index (χ0v) is 11.0. The van der Waals surface area contributed by atoms with E-state index >= 15 is 0 Å². The van der Waals surface area contributed by atoms with E-state index in [1.807, 2.05) is 43.3 Å². The third-order valence-electron chi connectivity index (χ3n) is 3.65. The van der Waals surface area contributed by atoms with Crippen molar-refractivity contribution in [2.24, 2.45) is 0 Å². The maximum absolute atomic E-state index is 10.1. The van der Waals surface area contributed by atoms with Crippen molar-refractivity contribution in [1.82, 2.24) is 9.97 Å². The van der Waals surface area contributed by atoms with Crippen LogP contribution in [0.15, 0.2) is 48.5 Å². The van der Waals surface area contributed by atoms with Gasteiger partial charge in [0.05, 0.1) is 16.6 Å². The van der Waals surface area contributed by atoms with Gasteiger partial charge in [0.25, 0.3) is 0 Å². The molecule has 3 aromatic carbocycles. The van der Waals surface area contributed by atoms with E-state index in [9.17, 15) is 5.11 Å². The number of aryl methyl sites for hydroxylation is 1. The van der Waals surface area contributed by atoms with E-state index in [-0.39, 0.29) is 5.75 Å². The molecule has 0 aliphatic carbocycles. The number of nitrogens with zero attached hydrogens (tertiary/aromatic N) is 2. The fraction of sp³-hybridized carbons (Fsp3) is 0.0588. The number of hydrogen-bond donors (Lipinski definition) is 1. The third-order valence-corrected chi connectivity index (χ3v) is 3.65. The molecule has 0 saturated carbocycles. The van der Waals surface area contributed by atoms with E-state index in [0.717, 1.165) is 32.9 Å². The molecule has 0 saturated heterocycles. The Morgan fingerprint density at radius 2 is 1.45 bits per heavy atom. The molecular weight excluding hydrogens is 248 g/mol. The van der Waals surface area contributed by atoms with Crippen LogP contribution in [0.1, 0.15) is 5.56 Å². The Morgan fingerprint density at radius 3 is 2.15 bits per heavy atom.